The number of hydrogen-bond acceptors (Lipinski definition) is 3. The molecule has 32 heavy (non-hydrogen) atoms. The van der Waals surface area contributed by atoms with Gasteiger partial charge in [0.15, 0.2) is 0 Å². The van der Waals surface area contributed by atoms with Crippen molar-refractivity contribution >= 4 is 0 Å². The maximum Gasteiger partial charge on any atom is 0.0847 e. The highest BCUT2D eigenvalue weighted by atomic mass is 16.5. The lowest BCUT2D eigenvalue weighted by molar-refractivity contribution is 0.0368. The molecule has 4 rings (SSSR count). The second kappa shape index (κ2) is 9.76. The molecule has 0 radical (unpaired) electrons. The van der Waals surface area contributed by atoms with Crippen LogP contribution in [-0.4, -0.2) is 34.6 Å². The molecule has 0 saturated heterocycles. The summed E-state index contributed by atoms with van der Waals surface area (Å²) in [5, 5.41) is 20.7. The van der Waals surface area contributed by atoms with E-state index in [9.17, 15) is 10.2 Å². The van der Waals surface area contributed by atoms with Gasteiger partial charge in [-0.3, -0.25) is 0 Å². The molecule has 1 unspecified atom stereocenters. The third-order valence-corrected chi connectivity index (χ3v) is 9.18. The second-order valence-electron chi connectivity index (χ2n) is 12.1. The molecule has 0 amide bonds. The summed E-state index contributed by atoms with van der Waals surface area (Å²) in [5.74, 6) is 2.24. The minimum absolute atomic E-state index is 0.0920. The average molecular weight is 443 g/mol. The number of fused-ring (bicyclic) bond motifs is 2. The Balaban J connectivity index is 1.42. The Kier molecular flexibility index (Phi) is 7.39. The minimum atomic E-state index is -0.540. The molecule has 3 heteroatoms. The van der Waals surface area contributed by atoms with Crippen molar-refractivity contribution in [3.05, 3.63) is 34.9 Å². The van der Waals surface area contributed by atoms with Crippen LogP contribution in [0.5, 0.6) is 0 Å². The Labute approximate surface area is 196 Å². The first-order chi connectivity index (χ1) is 15.2. The predicted octanol–water partition coefficient (Wildman–Crippen LogP) is 6.50. The first kappa shape index (κ1) is 24.2. The standard InChI is InChI=1S/C29H46O3/c1-20(8-5-15-28(2,3)31)24-13-14-25-22(9-6-16-29(24,25)4)12-11-21-18-26(30)23-10-7-17-32-27(23)19-21/h10-12,20,24-27,30-31H,5-9,13-19H2,1-4H3/b21-11+,22-12+/t20-,24?,25+,26-,27-,29-/m1/s1. The van der Waals surface area contributed by atoms with E-state index in [1.54, 1.807) is 5.57 Å². The molecule has 3 aliphatic carbocycles. The van der Waals surface area contributed by atoms with Gasteiger partial charge in [-0.2, -0.15) is 0 Å². The first-order valence-electron chi connectivity index (χ1n) is 13.3. The van der Waals surface area contributed by atoms with Crippen LogP contribution in [0.2, 0.25) is 0 Å². The van der Waals surface area contributed by atoms with E-state index >= 15 is 0 Å². The molecule has 3 nitrogen and oxygen atoms in total. The van der Waals surface area contributed by atoms with Crippen LogP contribution in [0.15, 0.2) is 34.9 Å². The number of aliphatic hydroxyl groups is 2. The van der Waals surface area contributed by atoms with Crippen LogP contribution in [0.1, 0.15) is 98.3 Å². The fourth-order valence-electron chi connectivity index (χ4n) is 7.51. The second-order valence-corrected chi connectivity index (χ2v) is 12.1. The summed E-state index contributed by atoms with van der Waals surface area (Å²) in [7, 11) is 0. The monoisotopic (exact) mass is 442 g/mol. The van der Waals surface area contributed by atoms with Gasteiger partial charge < -0.3 is 14.9 Å². The summed E-state index contributed by atoms with van der Waals surface area (Å²) in [4.78, 5) is 0. The van der Waals surface area contributed by atoms with E-state index < -0.39 is 5.60 Å². The molecule has 1 aliphatic heterocycles. The SMILES string of the molecule is C[C@H](CCCC(C)(C)O)C1CC[C@H]2/C(=C/C=C3\C[C@@H](O)C4=CCCO[C@@H]4C3)CCC[C@]12C. The molecule has 180 valence electrons. The zero-order valence-electron chi connectivity index (χ0n) is 20.9. The molecule has 0 aromatic heterocycles. The van der Waals surface area contributed by atoms with Gasteiger partial charge in [0.2, 0.25) is 0 Å². The summed E-state index contributed by atoms with van der Waals surface area (Å²) in [5.41, 5.74) is 3.99. The molecular weight excluding hydrogens is 396 g/mol. The molecule has 0 spiro atoms. The summed E-state index contributed by atoms with van der Waals surface area (Å²) in [6, 6.07) is 0. The fourth-order valence-corrected chi connectivity index (χ4v) is 7.51. The van der Waals surface area contributed by atoms with E-state index in [-0.39, 0.29) is 12.2 Å². The van der Waals surface area contributed by atoms with Gasteiger partial charge in [0.25, 0.3) is 0 Å². The Morgan fingerprint density at radius 2 is 2.06 bits per heavy atom. The van der Waals surface area contributed by atoms with Crippen LogP contribution in [0.3, 0.4) is 0 Å². The van der Waals surface area contributed by atoms with Crippen LogP contribution in [0.4, 0.5) is 0 Å². The average Bonchev–Trinajstić information content (AvgIpc) is 3.09. The molecule has 2 N–H and O–H groups in total. The maximum atomic E-state index is 10.6. The predicted molar refractivity (Wildman–Crippen MR) is 131 cm³/mol. The van der Waals surface area contributed by atoms with Crippen molar-refractivity contribution in [3.63, 3.8) is 0 Å². The summed E-state index contributed by atoms with van der Waals surface area (Å²) >= 11 is 0. The number of rotatable bonds is 6. The van der Waals surface area contributed by atoms with Gasteiger partial charge in [-0.15, -0.1) is 0 Å². The zero-order valence-corrected chi connectivity index (χ0v) is 20.9. The molecule has 1 heterocycles. The largest absolute Gasteiger partial charge is 0.390 e. The highest BCUT2D eigenvalue weighted by Crippen LogP contribution is 2.60. The molecule has 0 aromatic rings. The van der Waals surface area contributed by atoms with Gasteiger partial charge >= 0.3 is 0 Å². The first-order valence-corrected chi connectivity index (χ1v) is 13.3. The molecule has 3 saturated carbocycles. The number of ether oxygens (including phenoxy) is 1. The molecule has 3 fully saturated rings. The van der Waals surface area contributed by atoms with Crippen molar-refractivity contribution in [1.82, 2.24) is 0 Å². The van der Waals surface area contributed by atoms with Crippen molar-refractivity contribution in [1.29, 1.82) is 0 Å². The van der Waals surface area contributed by atoms with Gasteiger partial charge in [-0.05, 0) is 100 Å². The Morgan fingerprint density at radius 3 is 2.84 bits per heavy atom. The highest BCUT2D eigenvalue weighted by molar-refractivity contribution is 5.31. The van der Waals surface area contributed by atoms with Crippen molar-refractivity contribution in [2.75, 3.05) is 6.61 Å². The molecule has 4 aliphatic rings. The third kappa shape index (κ3) is 5.26. The smallest absolute Gasteiger partial charge is 0.0847 e. The van der Waals surface area contributed by atoms with Crippen LogP contribution in [-0.2, 0) is 4.74 Å². The fraction of sp³-hybridized carbons (Fsp3) is 0.793. The zero-order chi connectivity index (χ0) is 22.9. The number of allylic oxidation sites excluding steroid dienone is 3. The number of hydrogen-bond donors (Lipinski definition) is 2. The normalized spacial score (nSPS) is 39.0. The van der Waals surface area contributed by atoms with Crippen molar-refractivity contribution < 1.29 is 14.9 Å². The highest BCUT2D eigenvalue weighted by Gasteiger charge is 2.50. The quantitative estimate of drug-likeness (QED) is 0.461. The van der Waals surface area contributed by atoms with Crippen LogP contribution >= 0.6 is 0 Å². The lowest BCUT2D eigenvalue weighted by atomic mass is 9.60. The lowest BCUT2D eigenvalue weighted by Crippen LogP contribution is -2.36. The van der Waals surface area contributed by atoms with E-state index in [0.29, 0.717) is 11.3 Å². The molecule has 0 bridgehead atoms. The maximum absolute atomic E-state index is 10.6. The Morgan fingerprint density at radius 1 is 1.25 bits per heavy atom. The topological polar surface area (TPSA) is 49.7 Å². The van der Waals surface area contributed by atoms with E-state index in [0.717, 1.165) is 56.1 Å². The van der Waals surface area contributed by atoms with Gasteiger partial charge in [0.05, 0.1) is 24.4 Å². The lowest BCUT2D eigenvalue weighted by Gasteiger charge is -2.44. The summed E-state index contributed by atoms with van der Waals surface area (Å²) in [6.45, 7) is 9.67. The molecule has 6 atom stereocenters. The van der Waals surface area contributed by atoms with Crippen LogP contribution in [0.25, 0.3) is 0 Å². The van der Waals surface area contributed by atoms with Gasteiger partial charge in [-0.25, -0.2) is 0 Å². The van der Waals surface area contributed by atoms with Gasteiger partial charge in [-0.1, -0.05) is 56.1 Å². The van der Waals surface area contributed by atoms with E-state index in [2.05, 4.69) is 32.1 Å². The Bertz CT molecular complexity index is 755. The van der Waals surface area contributed by atoms with Crippen LogP contribution in [0, 0.1) is 23.2 Å². The van der Waals surface area contributed by atoms with Gasteiger partial charge in [0, 0.05) is 0 Å². The minimum Gasteiger partial charge on any atom is -0.390 e. The molecular formula is C29H46O3. The van der Waals surface area contributed by atoms with Crippen molar-refractivity contribution in [3.8, 4) is 0 Å². The van der Waals surface area contributed by atoms with Crippen molar-refractivity contribution in [2.24, 2.45) is 23.2 Å². The Hall–Kier alpha value is -0.900. The van der Waals surface area contributed by atoms with E-state index in [1.165, 1.54) is 44.1 Å². The van der Waals surface area contributed by atoms with Crippen molar-refractivity contribution in [2.45, 2.75) is 116 Å². The van der Waals surface area contributed by atoms with E-state index in [4.69, 9.17) is 4.74 Å². The molecule has 0 aromatic carbocycles. The number of aliphatic hydroxyl groups excluding tert-OH is 1. The van der Waals surface area contributed by atoms with Crippen LogP contribution < -0.4 is 0 Å². The van der Waals surface area contributed by atoms with E-state index in [1.807, 2.05) is 13.8 Å². The summed E-state index contributed by atoms with van der Waals surface area (Å²) < 4.78 is 5.95. The van der Waals surface area contributed by atoms with Gasteiger partial charge in [0.1, 0.15) is 0 Å². The summed E-state index contributed by atoms with van der Waals surface area (Å²) in [6.07, 6.45) is 19.1. The third-order valence-electron chi connectivity index (χ3n) is 9.18.